The van der Waals surface area contributed by atoms with Gasteiger partial charge in [0.05, 0.1) is 16.7 Å². The zero-order chi connectivity index (χ0) is 21.1. The predicted octanol–water partition coefficient (Wildman–Crippen LogP) is 5.57. The number of nitrogens with one attached hydrogen (secondary N) is 2. The fourth-order valence-corrected chi connectivity index (χ4v) is 3.49. The van der Waals surface area contributed by atoms with Crippen molar-refractivity contribution in [2.24, 2.45) is 0 Å². The largest absolute Gasteiger partial charge is 0.336 e. The first-order chi connectivity index (χ1) is 14.5. The summed E-state index contributed by atoms with van der Waals surface area (Å²) in [6.45, 7) is 0.724. The molecule has 30 heavy (non-hydrogen) atoms. The molecule has 0 bridgehead atoms. The van der Waals surface area contributed by atoms with Crippen LogP contribution in [0, 0.1) is 11.6 Å². The van der Waals surface area contributed by atoms with Crippen molar-refractivity contribution in [3.05, 3.63) is 82.8 Å². The van der Waals surface area contributed by atoms with Gasteiger partial charge in [0.2, 0.25) is 0 Å². The van der Waals surface area contributed by atoms with Gasteiger partial charge in [0, 0.05) is 23.1 Å². The number of para-hydroxylation sites is 2. The second-order valence-corrected chi connectivity index (χ2v) is 7.50. The third-order valence-electron chi connectivity index (χ3n) is 4.56. The van der Waals surface area contributed by atoms with Crippen LogP contribution in [0.15, 0.2) is 71.2 Å². The number of rotatable bonds is 5. The van der Waals surface area contributed by atoms with Crippen LogP contribution in [0.5, 0.6) is 0 Å². The van der Waals surface area contributed by atoms with Crippen LogP contribution < -0.4 is 10.6 Å². The number of anilines is 1. The van der Waals surface area contributed by atoms with E-state index < -0.39 is 11.8 Å². The lowest BCUT2D eigenvalue weighted by Crippen LogP contribution is -2.31. The molecule has 2 amide bonds. The van der Waals surface area contributed by atoms with Gasteiger partial charge in [-0.05, 0) is 54.6 Å². The number of benzene rings is 3. The van der Waals surface area contributed by atoms with Crippen LogP contribution in [-0.4, -0.2) is 22.1 Å². The Balaban J connectivity index is 1.50. The monoisotopic (exact) mass is 470 g/mol. The van der Waals surface area contributed by atoms with Crippen molar-refractivity contribution in [2.75, 3.05) is 11.9 Å². The van der Waals surface area contributed by atoms with Gasteiger partial charge in [0.1, 0.15) is 17.5 Å². The van der Waals surface area contributed by atoms with E-state index in [-0.39, 0.29) is 11.5 Å². The van der Waals surface area contributed by atoms with Gasteiger partial charge in [-0.3, -0.25) is 0 Å². The molecule has 0 radical (unpaired) electrons. The first-order valence-electron chi connectivity index (χ1n) is 9.22. The third kappa shape index (κ3) is 4.33. The van der Waals surface area contributed by atoms with Gasteiger partial charge in [0.15, 0.2) is 0 Å². The fraction of sp³-hybridized carbons (Fsp3) is 0.0909. The van der Waals surface area contributed by atoms with Crippen LogP contribution >= 0.6 is 15.9 Å². The number of urea groups is 1. The van der Waals surface area contributed by atoms with E-state index in [1.807, 2.05) is 28.8 Å². The van der Waals surface area contributed by atoms with Crippen molar-refractivity contribution in [2.45, 2.75) is 6.54 Å². The summed E-state index contributed by atoms with van der Waals surface area (Å²) in [5.41, 5.74) is 2.57. The summed E-state index contributed by atoms with van der Waals surface area (Å²) < 4.78 is 29.8. The van der Waals surface area contributed by atoms with Crippen molar-refractivity contribution in [1.29, 1.82) is 0 Å². The maximum Gasteiger partial charge on any atom is 0.319 e. The van der Waals surface area contributed by atoms with Crippen molar-refractivity contribution >= 4 is 38.7 Å². The molecule has 0 aliphatic carbocycles. The molecule has 0 saturated heterocycles. The molecule has 0 saturated carbocycles. The molecule has 0 unspecified atom stereocenters. The second-order valence-electron chi connectivity index (χ2n) is 6.59. The van der Waals surface area contributed by atoms with E-state index in [4.69, 9.17) is 0 Å². The summed E-state index contributed by atoms with van der Waals surface area (Å²) >= 11 is 3.18. The first-order valence-corrected chi connectivity index (χ1v) is 10.0. The first kappa shape index (κ1) is 20.0. The minimum Gasteiger partial charge on any atom is -0.336 e. The summed E-state index contributed by atoms with van der Waals surface area (Å²) in [6.07, 6.45) is 0. The predicted molar refractivity (Wildman–Crippen MR) is 116 cm³/mol. The number of halogens is 3. The van der Waals surface area contributed by atoms with Gasteiger partial charge in [0.25, 0.3) is 0 Å². The average molecular weight is 471 g/mol. The van der Waals surface area contributed by atoms with Gasteiger partial charge in [-0.15, -0.1) is 0 Å². The second kappa shape index (κ2) is 8.62. The number of amides is 2. The number of carbonyl (C=O) groups is 1. The smallest absolute Gasteiger partial charge is 0.319 e. The molecule has 0 aliphatic rings. The van der Waals surface area contributed by atoms with Crippen molar-refractivity contribution in [3.8, 4) is 11.4 Å². The van der Waals surface area contributed by atoms with Crippen LogP contribution in [-0.2, 0) is 6.54 Å². The van der Waals surface area contributed by atoms with Crippen molar-refractivity contribution in [3.63, 3.8) is 0 Å². The molecule has 2 N–H and O–H groups in total. The molecule has 152 valence electrons. The average Bonchev–Trinajstić information content (AvgIpc) is 3.09. The molecular formula is C22H17BrF2N4O. The zero-order valence-corrected chi connectivity index (χ0v) is 17.3. The Hall–Kier alpha value is -3.26. The molecule has 4 aromatic rings. The number of nitrogens with zero attached hydrogens (tertiary/aromatic N) is 2. The van der Waals surface area contributed by atoms with E-state index in [2.05, 4.69) is 31.5 Å². The van der Waals surface area contributed by atoms with Crippen LogP contribution in [0.25, 0.3) is 22.4 Å². The number of fused-ring (bicyclic) bond motifs is 1. The van der Waals surface area contributed by atoms with E-state index >= 15 is 0 Å². The maximum atomic E-state index is 13.9. The Kier molecular flexibility index (Phi) is 5.76. The van der Waals surface area contributed by atoms with E-state index in [9.17, 15) is 13.6 Å². The van der Waals surface area contributed by atoms with Crippen LogP contribution in [0.3, 0.4) is 0 Å². The SMILES string of the molecule is O=C(NCCn1c(-c2ccc(F)cc2)nc2ccccc21)Nc1ccc(Br)cc1F. The number of carbonyl (C=O) groups excluding carboxylic acids is 1. The van der Waals surface area contributed by atoms with Gasteiger partial charge < -0.3 is 15.2 Å². The van der Waals surface area contributed by atoms with Gasteiger partial charge in [-0.2, -0.15) is 0 Å². The van der Waals surface area contributed by atoms with Gasteiger partial charge in [-0.25, -0.2) is 18.6 Å². The highest BCUT2D eigenvalue weighted by atomic mass is 79.9. The summed E-state index contributed by atoms with van der Waals surface area (Å²) in [5, 5.41) is 5.22. The Bertz CT molecular complexity index is 1210. The minimum atomic E-state index is -0.529. The number of hydrogen-bond acceptors (Lipinski definition) is 2. The summed E-state index contributed by atoms with van der Waals surface area (Å²) in [7, 11) is 0. The Morgan fingerprint density at radius 2 is 1.80 bits per heavy atom. The lowest BCUT2D eigenvalue weighted by molar-refractivity contribution is 0.251. The standard InChI is InChI=1S/C22H17BrF2N4O/c23-15-7-10-18(17(25)13-15)28-22(30)26-11-12-29-20-4-2-1-3-19(20)27-21(29)14-5-8-16(24)9-6-14/h1-10,13H,11-12H2,(H2,26,28,30). The normalized spacial score (nSPS) is 10.9. The zero-order valence-electron chi connectivity index (χ0n) is 15.7. The molecule has 0 fully saturated rings. The van der Waals surface area contributed by atoms with Crippen molar-refractivity contribution < 1.29 is 13.6 Å². The molecule has 1 aromatic heterocycles. The number of aromatic nitrogens is 2. The van der Waals surface area contributed by atoms with E-state index in [0.717, 1.165) is 16.6 Å². The minimum absolute atomic E-state index is 0.0933. The quantitative estimate of drug-likeness (QED) is 0.400. The Morgan fingerprint density at radius 1 is 1.03 bits per heavy atom. The van der Waals surface area contributed by atoms with E-state index in [1.165, 1.54) is 24.3 Å². The molecule has 0 atom stereocenters. The highest BCUT2D eigenvalue weighted by Gasteiger charge is 2.13. The highest BCUT2D eigenvalue weighted by Crippen LogP contribution is 2.25. The van der Waals surface area contributed by atoms with Gasteiger partial charge >= 0.3 is 6.03 Å². The van der Waals surface area contributed by atoms with Crippen molar-refractivity contribution in [1.82, 2.24) is 14.9 Å². The van der Waals surface area contributed by atoms with Crippen LogP contribution in [0.4, 0.5) is 19.3 Å². The molecule has 4 rings (SSSR count). The van der Waals surface area contributed by atoms with Gasteiger partial charge in [-0.1, -0.05) is 28.1 Å². The molecule has 0 aliphatic heterocycles. The third-order valence-corrected chi connectivity index (χ3v) is 5.05. The molecular weight excluding hydrogens is 454 g/mol. The maximum absolute atomic E-state index is 13.9. The molecule has 8 heteroatoms. The van der Waals surface area contributed by atoms with Crippen LogP contribution in [0.2, 0.25) is 0 Å². The topological polar surface area (TPSA) is 59.0 Å². The molecule has 5 nitrogen and oxygen atoms in total. The van der Waals surface area contributed by atoms with E-state index in [1.54, 1.807) is 18.2 Å². The highest BCUT2D eigenvalue weighted by molar-refractivity contribution is 9.10. The summed E-state index contributed by atoms with van der Waals surface area (Å²) in [6, 6.07) is 17.6. The molecule has 0 spiro atoms. The lowest BCUT2D eigenvalue weighted by atomic mass is 10.2. The Labute approximate surface area is 179 Å². The number of hydrogen-bond donors (Lipinski definition) is 2. The summed E-state index contributed by atoms with van der Waals surface area (Å²) in [4.78, 5) is 16.8. The Morgan fingerprint density at radius 3 is 2.57 bits per heavy atom. The number of imidazole rings is 1. The fourth-order valence-electron chi connectivity index (χ4n) is 3.16. The summed E-state index contributed by atoms with van der Waals surface area (Å²) in [5.74, 6) is -0.170. The lowest BCUT2D eigenvalue weighted by Gasteiger charge is -2.12. The van der Waals surface area contributed by atoms with E-state index in [0.29, 0.717) is 23.4 Å². The molecule has 3 aromatic carbocycles. The van der Waals surface area contributed by atoms with Crippen LogP contribution in [0.1, 0.15) is 0 Å². The molecule has 1 heterocycles.